The number of sulfone groups is 1. The summed E-state index contributed by atoms with van der Waals surface area (Å²) in [7, 11) is -3.11. The Morgan fingerprint density at radius 3 is 2.63 bits per heavy atom. The summed E-state index contributed by atoms with van der Waals surface area (Å²) in [5.74, 6) is 0.946. The van der Waals surface area contributed by atoms with Crippen molar-refractivity contribution in [3.8, 4) is 0 Å². The summed E-state index contributed by atoms with van der Waals surface area (Å²) in [6, 6.07) is 6.98. The van der Waals surface area contributed by atoms with Crippen LogP contribution >= 0.6 is 0 Å². The molecule has 0 bridgehead atoms. The van der Waals surface area contributed by atoms with Crippen LogP contribution in [-0.4, -0.2) is 33.2 Å². The standard InChI is InChI=1S/C13H19N3O2S/c1-2-19(17,18)12-6-4-11(5-7-12)10-16-13-14-8-3-9-15-13/h4-7H,2-3,8-10H2,1H3,(H2,14,15,16). The fourth-order valence-electron chi connectivity index (χ4n) is 1.82. The molecule has 0 spiro atoms. The predicted molar refractivity (Wildman–Crippen MR) is 75.9 cm³/mol. The number of hydrogen-bond acceptors (Lipinski definition) is 5. The SMILES string of the molecule is CCS(=O)(=O)c1ccc(CNC2=NCCCN2)cc1. The summed E-state index contributed by atoms with van der Waals surface area (Å²) in [4.78, 5) is 4.69. The maximum absolute atomic E-state index is 11.7. The maximum atomic E-state index is 11.7. The third-order valence-corrected chi connectivity index (χ3v) is 4.77. The van der Waals surface area contributed by atoms with Crippen molar-refractivity contribution in [1.29, 1.82) is 0 Å². The Kier molecular flexibility index (Phi) is 4.42. The normalized spacial score (nSPS) is 15.5. The average molecular weight is 281 g/mol. The minimum Gasteiger partial charge on any atom is -0.356 e. The smallest absolute Gasteiger partial charge is 0.191 e. The molecule has 0 unspecified atom stereocenters. The topological polar surface area (TPSA) is 70.6 Å². The van der Waals surface area contributed by atoms with Gasteiger partial charge in [0.2, 0.25) is 0 Å². The van der Waals surface area contributed by atoms with Crippen LogP contribution in [-0.2, 0) is 16.4 Å². The van der Waals surface area contributed by atoms with Gasteiger partial charge < -0.3 is 10.6 Å². The lowest BCUT2D eigenvalue weighted by Crippen LogP contribution is -2.40. The van der Waals surface area contributed by atoms with E-state index in [-0.39, 0.29) is 5.75 Å². The van der Waals surface area contributed by atoms with Crippen LogP contribution < -0.4 is 10.6 Å². The van der Waals surface area contributed by atoms with Gasteiger partial charge in [0.05, 0.1) is 10.6 Å². The molecule has 1 aliphatic rings. The molecule has 2 N–H and O–H groups in total. The maximum Gasteiger partial charge on any atom is 0.191 e. The fourth-order valence-corrected chi connectivity index (χ4v) is 2.70. The first-order valence-corrected chi connectivity index (χ1v) is 8.11. The molecule has 2 rings (SSSR count). The van der Waals surface area contributed by atoms with Gasteiger partial charge in [0.15, 0.2) is 15.8 Å². The van der Waals surface area contributed by atoms with E-state index in [1.54, 1.807) is 19.1 Å². The van der Waals surface area contributed by atoms with Gasteiger partial charge in [-0.25, -0.2) is 8.42 Å². The van der Waals surface area contributed by atoms with Crippen LogP contribution in [0.15, 0.2) is 34.2 Å². The van der Waals surface area contributed by atoms with E-state index in [0.717, 1.165) is 31.0 Å². The molecule has 5 nitrogen and oxygen atoms in total. The van der Waals surface area contributed by atoms with E-state index < -0.39 is 9.84 Å². The summed E-state index contributed by atoms with van der Waals surface area (Å²) < 4.78 is 23.3. The molecule has 6 heteroatoms. The van der Waals surface area contributed by atoms with Gasteiger partial charge in [-0.3, -0.25) is 4.99 Å². The quantitative estimate of drug-likeness (QED) is 0.861. The summed E-state index contributed by atoms with van der Waals surface area (Å²) in [5, 5.41) is 6.38. The van der Waals surface area contributed by atoms with Crippen LogP contribution in [0, 0.1) is 0 Å². The van der Waals surface area contributed by atoms with E-state index in [1.807, 2.05) is 12.1 Å². The molecule has 19 heavy (non-hydrogen) atoms. The molecule has 1 aliphatic heterocycles. The molecular weight excluding hydrogens is 262 g/mol. The zero-order valence-electron chi connectivity index (χ0n) is 11.0. The van der Waals surface area contributed by atoms with Gasteiger partial charge in [-0.05, 0) is 24.1 Å². The molecule has 0 amide bonds. The van der Waals surface area contributed by atoms with Crippen molar-refractivity contribution in [1.82, 2.24) is 10.6 Å². The third-order valence-electron chi connectivity index (χ3n) is 3.02. The van der Waals surface area contributed by atoms with E-state index in [0.29, 0.717) is 11.4 Å². The second kappa shape index (κ2) is 6.06. The van der Waals surface area contributed by atoms with Crippen LogP contribution in [0.3, 0.4) is 0 Å². The van der Waals surface area contributed by atoms with Crippen LogP contribution in [0.1, 0.15) is 18.9 Å². The Labute approximate surface area is 114 Å². The third kappa shape index (κ3) is 3.70. The molecule has 0 fully saturated rings. The number of rotatable bonds is 4. The lowest BCUT2D eigenvalue weighted by Gasteiger charge is -2.16. The first kappa shape index (κ1) is 13.9. The Hall–Kier alpha value is -1.56. The lowest BCUT2D eigenvalue weighted by atomic mass is 10.2. The fraction of sp³-hybridized carbons (Fsp3) is 0.462. The molecular formula is C13H19N3O2S. The summed E-state index contributed by atoms with van der Waals surface area (Å²) >= 11 is 0. The summed E-state index contributed by atoms with van der Waals surface area (Å²) in [6.07, 6.45) is 1.06. The Morgan fingerprint density at radius 1 is 1.32 bits per heavy atom. The van der Waals surface area contributed by atoms with Crippen molar-refractivity contribution in [3.63, 3.8) is 0 Å². The van der Waals surface area contributed by atoms with E-state index in [1.165, 1.54) is 0 Å². The van der Waals surface area contributed by atoms with E-state index in [2.05, 4.69) is 15.6 Å². The van der Waals surface area contributed by atoms with Crippen molar-refractivity contribution in [3.05, 3.63) is 29.8 Å². The van der Waals surface area contributed by atoms with Gasteiger partial charge in [0.25, 0.3) is 0 Å². The Morgan fingerprint density at radius 2 is 2.05 bits per heavy atom. The second-order valence-corrected chi connectivity index (χ2v) is 6.69. The molecule has 104 valence electrons. The van der Waals surface area contributed by atoms with Crippen LogP contribution in [0.25, 0.3) is 0 Å². The highest BCUT2D eigenvalue weighted by Gasteiger charge is 2.10. The molecule has 0 atom stereocenters. The van der Waals surface area contributed by atoms with Crippen LogP contribution in [0.5, 0.6) is 0 Å². The van der Waals surface area contributed by atoms with Crippen molar-refractivity contribution in [2.24, 2.45) is 4.99 Å². The van der Waals surface area contributed by atoms with Gasteiger partial charge >= 0.3 is 0 Å². The highest BCUT2D eigenvalue weighted by molar-refractivity contribution is 7.91. The molecule has 1 heterocycles. The largest absolute Gasteiger partial charge is 0.356 e. The minimum absolute atomic E-state index is 0.130. The van der Waals surface area contributed by atoms with E-state index >= 15 is 0 Å². The van der Waals surface area contributed by atoms with Gasteiger partial charge in [0.1, 0.15) is 0 Å². The van der Waals surface area contributed by atoms with Crippen molar-refractivity contribution in [2.75, 3.05) is 18.8 Å². The highest BCUT2D eigenvalue weighted by Crippen LogP contribution is 2.12. The van der Waals surface area contributed by atoms with Crippen molar-refractivity contribution in [2.45, 2.75) is 24.8 Å². The monoisotopic (exact) mass is 281 g/mol. The first-order valence-electron chi connectivity index (χ1n) is 6.46. The molecule has 1 aromatic carbocycles. The van der Waals surface area contributed by atoms with E-state index in [4.69, 9.17) is 0 Å². The number of hydrogen-bond donors (Lipinski definition) is 2. The molecule has 0 radical (unpaired) electrons. The van der Waals surface area contributed by atoms with Gasteiger partial charge in [-0.15, -0.1) is 0 Å². The zero-order valence-corrected chi connectivity index (χ0v) is 11.8. The predicted octanol–water partition coefficient (Wildman–Crippen LogP) is 0.919. The molecule has 0 aromatic heterocycles. The number of nitrogens with zero attached hydrogens (tertiary/aromatic N) is 1. The minimum atomic E-state index is -3.11. The number of guanidine groups is 1. The van der Waals surface area contributed by atoms with Crippen molar-refractivity contribution >= 4 is 15.8 Å². The van der Waals surface area contributed by atoms with Crippen molar-refractivity contribution < 1.29 is 8.42 Å². The number of aliphatic imine (C=N–C) groups is 1. The molecule has 0 aliphatic carbocycles. The summed E-state index contributed by atoms with van der Waals surface area (Å²) in [6.45, 7) is 4.08. The van der Waals surface area contributed by atoms with Gasteiger partial charge in [-0.1, -0.05) is 19.1 Å². The van der Waals surface area contributed by atoms with E-state index in [9.17, 15) is 8.42 Å². The molecule has 0 saturated carbocycles. The molecule has 0 saturated heterocycles. The summed E-state index contributed by atoms with van der Waals surface area (Å²) in [5.41, 5.74) is 1.03. The highest BCUT2D eigenvalue weighted by atomic mass is 32.2. The van der Waals surface area contributed by atoms with Crippen LogP contribution in [0.2, 0.25) is 0 Å². The van der Waals surface area contributed by atoms with Gasteiger partial charge in [-0.2, -0.15) is 0 Å². The number of benzene rings is 1. The Balaban J connectivity index is 1.97. The zero-order chi connectivity index (χ0) is 13.7. The van der Waals surface area contributed by atoms with Crippen LogP contribution in [0.4, 0.5) is 0 Å². The lowest BCUT2D eigenvalue weighted by molar-refractivity contribution is 0.597. The molecule has 1 aromatic rings. The van der Waals surface area contributed by atoms with Gasteiger partial charge in [0, 0.05) is 19.6 Å². The average Bonchev–Trinajstić information content (AvgIpc) is 2.47. The number of nitrogens with one attached hydrogen (secondary N) is 2. The first-order chi connectivity index (χ1) is 9.12. The second-order valence-electron chi connectivity index (χ2n) is 4.41. The Bertz CT molecular complexity index is 550.